The van der Waals surface area contributed by atoms with Gasteiger partial charge in [-0.15, -0.1) is 0 Å². The Morgan fingerprint density at radius 1 is 1.08 bits per heavy atom. The lowest BCUT2D eigenvalue weighted by atomic mass is 10.0. The third-order valence-electron chi connectivity index (χ3n) is 7.35. The van der Waals surface area contributed by atoms with E-state index in [0.717, 1.165) is 54.3 Å². The molecule has 5 aromatic rings. The average molecular weight is 495 g/mol. The minimum atomic E-state index is 0.253. The summed E-state index contributed by atoms with van der Waals surface area (Å²) in [6, 6.07) is 17.4. The number of rotatable bonds is 6. The van der Waals surface area contributed by atoms with Crippen LogP contribution in [0.4, 0.5) is 11.9 Å². The van der Waals surface area contributed by atoms with Gasteiger partial charge in [-0.25, -0.2) is 0 Å². The largest absolute Gasteiger partial charge is 0.355 e. The standard InChI is InChI=1S/C29H34N8/c1-18(2)24-17-32-37-27(24)34-29(36-12-10-22(30)11-13-36)35-28(37)31-16-21-14-19(3)8-9-23(21)26-15-20-6-4-5-7-25(20)33-26/h4-9,14-15,17-18,22,33H,10-13,16,30H2,1-3H3,(H,31,34,35). The van der Waals surface area contributed by atoms with E-state index in [9.17, 15) is 0 Å². The smallest absolute Gasteiger partial charge is 0.230 e. The van der Waals surface area contributed by atoms with Crippen LogP contribution in [-0.4, -0.2) is 43.7 Å². The number of hydrogen-bond donors (Lipinski definition) is 3. The van der Waals surface area contributed by atoms with E-state index in [0.29, 0.717) is 18.4 Å². The average Bonchev–Trinajstić information content (AvgIpc) is 3.52. The first-order valence-electron chi connectivity index (χ1n) is 13.1. The fourth-order valence-electron chi connectivity index (χ4n) is 5.17. The van der Waals surface area contributed by atoms with Crippen molar-refractivity contribution < 1.29 is 0 Å². The molecule has 1 fully saturated rings. The van der Waals surface area contributed by atoms with Gasteiger partial charge >= 0.3 is 0 Å². The molecular weight excluding hydrogens is 460 g/mol. The molecule has 37 heavy (non-hydrogen) atoms. The summed E-state index contributed by atoms with van der Waals surface area (Å²) >= 11 is 0. The molecule has 0 saturated carbocycles. The van der Waals surface area contributed by atoms with Gasteiger partial charge in [0.2, 0.25) is 11.9 Å². The van der Waals surface area contributed by atoms with Crippen LogP contribution in [-0.2, 0) is 6.54 Å². The van der Waals surface area contributed by atoms with Gasteiger partial charge in [-0.3, -0.25) is 0 Å². The fraction of sp³-hybridized carbons (Fsp3) is 0.345. The monoisotopic (exact) mass is 494 g/mol. The number of anilines is 2. The molecule has 4 heterocycles. The zero-order valence-corrected chi connectivity index (χ0v) is 21.7. The summed E-state index contributed by atoms with van der Waals surface area (Å²) in [4.78, 5) is 15.7. The Labute approximate surface area is 216 Å². The molecule has 0 amide bonds. The van der Waals surface area contributed by atoms with E-state index < -0.39 is 0 Å². The molecule has 1 aliphatic heterocycles. The Hall–Kier alpha value is -3.91. The van der Waals surface area contributed by atoms with Crippen LogP contribution in [0.2, 0.25) is 0 Å². The molecule has 0 unspecified atom stereocenters. The maximum Gasteiger partial charge on any atom is 0.230 e. The van der Waals surface area contributed by atoms with Gasteiger partial charge < -0.3 is 20.9 Å². The van der Waals surface area contributed by atoms with Gasteiger partial charge in [0.05, 0.1) is 6.20 Å². The Morgan fingerprint density at radius 2 is 1.89 bits per heavy atom. The molecule has 1 saturated heterocycles. The first-order valence-corrected chi connectivity index (χ1v) is 13.1. The predicted molar refractivity (Wildman–Crippen MR) is 150 cm³/mol. The Bertz CT molecular complexity index is 1520. The van der Waals surface area contributed by atoms with Crippen LogP contribution < -0.4 is 16.0 Å². The summed E-state index contributed by atoms with van der Waals surface area (Å²) in [5.74, 6) is 1.75. The Balaban J connectivity index is 1.37. The van der Waals surface area contributed by atoms with E-state index in [1.165, 1.54) is 22.1 Å². The third kappa shape index (κ3) is 4.53. The molecular formula is C29H34N8. The molecule has 1 aliphatic rings. The highest BCUT2D eigenvalue weighted by atomic mass is 15.4. The van der Waals surface area contributed by atoms with Crippen LogP contribution in [0.15, 0.2) is 54.7 Å². The van der Waals surface area contributed by atoms with Crippen LogP contribution in [0, 0.1) is 6.92 Å². The molecule has 4 N–H and O–H groups in total. The van der Waals surface area contributed by atoms with E-state index in [-0.39, 0.29) is 6.04 Å². The van der Waals surface area contributed by atoms with Crippen molar-refractivity contribution in [2.45, 2.75) is 52.1 Å². The number of aromatic nitrogens is 5. The predicted octanol–water partition coefficient (Wildman–Crippen LogP) is 5.24. The van der Waals surface area contributed by atoms with E-state index >= 15 is 0 Å². The van der Waals surface area contributed by atoms with Crippen molar-refractivity contribution in [2.75, 3.05) is 23.3 Å². The number of aryl methyl sites for hydroxylation is 1. The quantitative estimate of drug-likeness (QED) is 0.298. The number of nitrogens with zero attached hydrogens (tertiary/aromatic N) is 5. The molecule has 0 bridgehead atoms. The minimum absolute atomic E-state index is 0.253. The van der Waals surface area contributed by atoms with Crippen LogP contribution in [0.5, 0.6) is 0 Å². The molecule has 0 radical (unpaired) electrons. The number of nitrogens with two attached hydrogens (primary N) is 1. The molecule has 6 rings (SSSR count). The number of hydrogen-bond acceptors (Lipinski definition) is 6. The van der Waals surface area contributed by atoms with Crippen molar-refractivity contribution >= 4 is 28.4 Å². The van der Waals surface area contributed by atoms with Crippen molar-refractivity contribution in [1.82, 2.24) is 24.6 Å². The second-order valence-corrected chi connectivity index (χ2v) is 10.4. The van der Waals surface area contributed by atoms with Crippen molar-refractivity contribution in [3.8, 4) is 11.3 Å². The molecule has 0 aliphatic carbocycles. The summed E-state index contributed by atoms with van der Waals surface area (Å²) in [7, 11) is 0. The van der Waals surface area contributed by atoms with Crippen molar-refractivity contribution in [2.24, 2.45) is 5.73 Å². The van der Waals surface area contributed by atoms with E-state index in [4.69, 9.17) is 15.7 Å². The lowest BCUT2D eigenvalue weighted by molar-refractivity contribution is 0.495. The van der Waals surface area contributed by atoms with Gasteiger partial charge in [0.1, 0.15) is 0 Å². The van der Waals surface area contributed by atoms with Crippen molar-refractivity contribution in [3.63, 3.8) is 0 Å². The fourth-order valence-corrected chi connectivity index (χ4v) is 5.17. The van der Waals surface area contributed by atoms with E-state index in [2.05, 4.69) is 89.6 Å². The van der Waals surface area contributed by atoms with Crippen molar-refractivity contribution in [1.29, 1.82) is 0 Å². The number of benzene rings is 2. The lowest BCUT2D eigenvalue weighted by Crippen LogP contribution is -2.40. The molecule has 3 aromatic heterocycles. The van der Waals surface area contributed by atoms with E-state index in [1.54, 1.807) is 0 Å². The molecule has 0 spiro atoms. The summed E-state index contributed by atoms with van der Waals surface area (Å²) in [5.41, 5.74) is 14.0. The van der Waals surface area contributed by atoms with Crippen LogP contribution in [0.1, 0.15) is 49.3 Å². The maximum absolute atomic E-state index is 6.16. The summed E-state index contributed by atoms with van der Waals surface area (Å²) in [6.45, 7) is 8.81. The molecule has 8 nitrogen and oxygen atoms in total. The SMILES string of the molecule is Cc1ccc(-c2cc3ccccc3[nH]2)c(CNc2nc(N3CCC(N)CC3)nc3c(C(C)C)cnn23)c1. The number of para-hydroxylation sites is 1. The topological polar surface area (TPSA) is 100 Å². The van der Waals surface area contributed by atoms with Gasteiger partial charge in [-0.1, -0.05) is 55.8 Å². The minimum Gasteiger partial charge on any atom is -0.355 e. The van der Waals surface area contributed by atoms with Gasteiger partial charge in [0.15, 0.2) is 5.65 Å². The third-order valence-corrected chi connectivity index (χ3v) is 7.35. The highest BCUT2D eigenvalue weighted by molar-refractivity contribution is 5.86. The second kappa shape index (κ2) is 9.52. The first-order chi connectivity index (χ1) is 18.0. The van der Waals surface area contributed by atoms with Crippen LogP contribution in [0.25, 0.3) is 27.8 Å². The molecule has 2 aromatic carbocycles. The van der Waals surface area contributed by atoms with Crippen LogP contribution in [0.3, 0.4) is 0 Å². The van der Waals surface area contributed by atoms with Crippen molar-refractivity contribution in [3.05, 3.63) is 71.4 Å². The summed E-state index contributed by atoms with van der Waals surface area (Å²) in [5, 5.41) is 9.47. The number of aromatic amines is 1. The number of H-pyrrole nitrogens is 1. The van der Waals surface area contributed by atoms with Gasteiger partial charge in [0.25, 0.3) is 0 Å². The number of nitrogens with one attached hydrogen (secondary N) is 2. The zero-order valence-electron chi connectivity index (χ0n) is 21.7. The lowest BCUT2D eigenvalue weighted by Gasteiger charge is -2.30. The summed E-state index contributed by atoms with van der Waals surface area (Å²) < 4.78 is 1.84. The number of fused-ring (bicyclic) bond motifs is 2. The van der Waals surface area contributed by atoms with Gasteiger partial charge in [0, 0.05) is 53.4 Å². The normalized spacial score (nSPS) is 14.8. The number of piperidine rings is 1. The highest BCUT2D eigenvalue weighted by Gasteiger charge is 2.22. The highest BCUT2D eigenvalue weighted by Crippen LogP contribution is 2.29. The first kappa shape index (κ1) is 23.5. The molecule has 190 valence electrons. The summed E-state index contributed by atoms with van der Waals surface area (Å²) in [6.07, 6.45) is 3.81. The van der Waals surface area contributed by atoms with Gasteiger partial charge in [-0.05, 0) is 43.4 Å². The molecule has 8 heteroatoms. The maximum atomic E-state index is 6.16. The van der Waals surface area contributed by atoms with E-state index in [1.807, 2.05) is 10.7 Å². The second-order valence-electron chi connectivity index (χ2n) is 10.4. The Morgan fingerprint density at radius 3 is 2.68 bits per heavy atom. The molecule has 0 atom stereocenters. The zero-order chi connectivity index (χ0) is 25.5. The van der Waals surface area contributed by atoms with Crippen LogP contribution >= 0.6 is 0 Å². The van der Waals surface area contributed by atoms with Gasteiger partial charge in [-0.2, -0.15) is 19.6 Å². The Kier molecular flexibility index (Phi) is 6.04.